The summed E-state index contributed by atoms with van der Waals surface area (Å²) in [6, 6.07) is 10.9. The highest BCUT2D eigenvalue weighted by Crippen LogP contribution is 2.70. The van der Waals surface area contributed by atoms with Crippen molar-refractivity contribution in [2.24, 2.45) is 16.7 Å². The number of benzene rings is 1. The summed E-state index contributed by atoms with van der Waals surface area (Å²) in [6.45, 7) is 0. The highest BCUT2D eigenvalue weighted by molar-refractivity contribution is 8.00. The number of aldehydes is 1. The lowest BCUT2D eigenvalue weighted by molar-refractivity contribution is -0.122. The van der Waals surface area contributed by atoms with Crippen LogP contribution in [0.15, 0.2) is 35.2 Å². The standard InChI is InChI=1S/C22H30OS/c23-17-21-14-8-15-22(21,18-9-4-1-2-5-10-18)20(13-16-21)24-19-11-6-3-7-12-19/h3,6-7,11-12,17-18,20H,1-2,4-5,8-10,13-16H2/t20-,21+,22+/m0/s1. The van der Waals surface area contributed by atoms with Crippen LogP contribution < -0.4 is 0 Å². The summed E-state index contributed by atoms with van der Waals surface area (Å²) in [6.07, 6.45) is 15.8. The van der Waals surface area contributed by atoms with Crippen molar-refractivity contribution in [3.63, 3.8) is 0 Å². The van der Waals surface area contributed by atoms with E-state index in [4.69, 9.17) is 0 Å². The van der Waals surface area contributed by atoms with Crippen molar-refractivity contribution in [3.8, 4) is 0 Å². The first-order valence-corrected chi connectivity index (χ1v) is 10.9. The van der Waals surface area contributed by atoms with Crippen LogP contribution in [0.5, 0.6) is 0 Å². The molecule has 0 N–H and O–H groups in total. The number of fused-ring (bicyclic) bond motifs is 1. The van der Waals surface area contributed by atoms with Gasteiger partial charge in [0.05, 0.1) is 0 Å². The molecule has 0 aliphatic heterocycles. The summed E-state index contributed by atoms with van der Waals surface area (Å²) in [5.41, 5.74) is 0.272. The third kappa shape index (κ3) is 2.57. The second-order valence-corrected chi connectivity index (χ2v) is 9.59. The molecule has 3 fully saturated rings. The Balaban J connectivity index is 1.69. The monoisotopic (exact) mass is 342 g/mol. The van der Waals surface area contributed by atoms with E-state index in [9.17, 15) is 4.79 Å². The molecule has 24 heavy (non-hydrogen) atoms. The zero-order chi connectivity index (χ0) is 16.5. The summed E-state index contributed by atoms with van der Waals surface area (Å²) in [7, 11) is 0. The Bertz CT molecular complexity index is 563. The number of rotatable bonds is 4. The van der Waals surface area contributed by atoms with Gasteiger partial charge in [0.1, 0.15) is 6.29 Å². The van der Waals surface area contributed by atoms with Crippen molar-refractivity contribution in [3.05, 3.63) is 30.3 Å². The number of carbonyl (C=O) groups is 1. The molecule has 1 nitrogen and oxygen atoms in total. The lowest BCUT2D eigenvalue weighted by Crippen LogP contribution is -2.45. The predicted octanol–water partition coefficient (Wildman–Crippen LogP) is 6.27. The molecule has 130 valence electrons. The van der Waals surface area contributed by atoms with Crippen LogP contribution in [-0.2, 0) is 4.79 Å². The van der Waals surface area contributed by atoms with Crippen LogP contribution in [0.25, 0.3) is 0 Å². The molecule has 0 saturated heterocycles. The zero-order valence-electron chi connectivity index (χ0n) is 14.7. The lowest BCUT2D eigenvalue weighted by Gasteiger charge is -2.47. The lowest BCUT2D eigenvalue weighted by atomic mass is 9.59. The fraction of sp³-hybridized carbons (Fsp3) is 0.682. The second-order valence-electron chi connectivity index (χ2n) is 8.31. The first-order valence-electron chi connectivity index (χ1n) is 9.99. The molecule has 3 aliphatic rings. The van der Waals surface area contributed by atoms with Gasteiger partial charge in [-0.25, -0.2) is 0 Å². The minimum absolute atomic E-state index is 0.00550. The first kappa shape index (κ1) is 16.7. The molecule has 3 aliphatic carbocycles. The molecule has 3 atom stereocenters. The van der Waals surface area contributed by atoms with Gasteiger partial charge < -0.3 is 4.79 Å². The van der Waals surface area contributed by atoms with E-state index in [1.807, 2.05) is 0 Å². The third-order valence-electron chi connectivity index (χ3n) is 7.40. The Morgan fingerprint density at radius 1 is 0.875 bits per heavy atom. The third-order valence-corrected chi connectivity index (χ3v) is 8.88. The number of thioether (sulfide) groups is 1. The van der Waals surface area contributed by atoms with Crippen LogP contribution in [0.3, 0.4) is 0 Å². The number of carbonyl (C=O) groups excluding carboxylic acids is 1. The Labute approximate surface area is 151 Å². The van der Waals surface area contributed by atoms with Gasteiger partial charge in [-0.3, -0.25) is 0 Å². The molecule has 0 amide bonds. The van der Waals surface area contributed by atoms with Crippen LogP contribution in [0.1, 0.15) is 70.6 Å². The van der Waals surface area contributed by atoms with Gasteiger partial charge in [-0.1, -0.05) is 50.3 Å². The second kappa shape index (κ2) is 6.86. The van der Waals surface area contributed by atoms with Crippen molar-refractivity contribution < 1.29 is 4.79 Å². The van der Waals surface area contributed by atoms with Gasteiger partial charge in [0.15, 0.2) is 0 Å². The van der Waals surface area contributed by atoms with E-state index < -0.39 is 0 Å². The van der Waals surface area contributed by atoms with Crippen LogP contribution in [-0.4, -0.2) is 11.5 Å². The number of hydrogen-bond donors (Lipinski definition) is 0. The molecule has 0 aromatic heterocycles. The Hall–Kier alpha value is -0.760. The normalized spacial score (nSPS) is 37.1. The van der Waals surface area contributed by atoms with Crippen LogP contribution >= 0.6 is 11.8 Å². The molecule has 0 unspecified atom stereocenters. The van der Waals surface area contributed by atoms with Gasteiger partial charge in [-0.15, -0.1) is 11.8 Å². The maximum Gasteiger partial charge on any atom is 0.126 e. The summed E-state index contributed by atoms with van der Waals surface area (Å²) in [5, 5.41) is 0.635. The fourth-order valence-corrected chi connectivity index (χ4v) is 8.02. The van der Waals surface area contributed by atoms with E-state index in [-0.39, 0.29) is 10.8 Å². The van der Waals surface area contributed by atoms with Crippen molar-refractivity contribution in [2.75, 3.05) is 0 Å². The topological polar surface area (TPSA) is 17.1 Å². The van der Waals surface area contributed by atoms with Crippen LogP contribution in [0.2, 0.25) is 0 Å². The van der Waals surface area contributed by atoms with Crippen molar-refractivity contribution in [2.45, 2.75) is 80.8 Å². The fourth-order valence-electron chi connectivity index (χ4n) is 6.39. The van der Waals surface area contributed by atoms with Gasteiger partial charge in [0, 0.05) is 15.6 Å². The molecular formula is C22H30OS. The van der Waals surface area contributed by atoms with Gasteiger partial charge in [0.25, 0.3) is 0 Å². The quantitative estimate of drug-likeness (QED) is 0.474. The zero-order valence-corrected chi connectivity index (χ0v) is 15.5. The molecule has 1 aromatic carbocycles. The van der Waals surface area contributed by atoms with E-state index in [0.717, 1.165) is 18.8 Å². The van der Waals surface area contributed by atoms with E-state index in [1.54, 1.807) is 0 Å². The maximum atomic E-state index is 12.3. The SMILES string of the molecule is O=C[C@]12CCC[C@@]1(C1CCCCCC1)[C@@H](Sc1ccccc1)CC2. The minimum atomic E-state index is -0.00550. The molecule has 2 heteroatoms. The van der Waals surface area contributed by atoms with Crippen molar-refractivity contribution in [1.29, 1.82) is 0 Å². The number of hydrogen-bond acceptors (Lipinski definition) is 2. The molecule has 4 rings (SSSR count). The summed E-state index contributed by atoms with van der Waals surface area (Å²) in [4.78, 5) is 13.7. The van der Waals surface area contributed by atoms with Gasteiger partial charge in [0.2, 0.25) is 0 Å². The maximum absolute atomic E-state index is 12.3. The van der Waals surface area contributed by atoms with Gasteiger partial charge in [-0.2, -0.15) is 0 Å². The van der Waals surface area contributed by atoms with Crippen molar-refractivity contribution >= 4 is 18.0 Å². The highest BCUT2D eigenvalue weighted by Gasteiger charge is 2.65. The van der Waals surface area contributed by atoms with E-state index in [2.05, 4.69) is 42.1 Å². The van der Waals surface area contributed by atoms with E-state index in [0.29, 0.717) is 5.25 Å². The molecular weight excluding hydrogens is 312 g/mol. The Morgan fingerprint density at radius 2 is 1.62 bits per heavy atom. The smallest absolute Gasteiger partial charge is 0.126 e. The molecule has 1 aromatic rings. The average molecular weight is 343 g/mol. The average Bonchev–Trinajstić information content (AvgIpc) is 2.99. The predicted molar refractivity (Wildman–Crippen MR) is 101 cm³/mol. The summed E-state index contributed by atoms with van der Waals surface area (Å²) in [5.74, 6) is 0.774. The summed E-state index contributed by atoms with van der Waals surface area (Å²) < 4.78 is 0. The molecule has 0 heterocycles. The van der Waals surface area contributed by atoms with Crippen LogP contribution in [0, 0.1) is 16.7 Å². The van der Waals surface area contributed by atoms with Crippen molar-refractivity contribution in [1.82, 2.24) is 0 Å². The Kier molecular flexibility index (Phi) is 4.77. The van der Waals surface area contributed by atoms with Gasteiger partial charge >= 0.3 is 0 Å². The minimum Gasteiger partial charge on any atom is -0.303 e. The van der Waals surface area contributed by atoms with Crippen LogP contribution in [0.4, 0.5) is 0 Å². The first-order chi connectivity index (χ1) is 11.8. The summed E-state index contributed by atoms with van der Waals surface area (Å²) >= 11 is 2.08. The molecule has 3 saturated carbocycles. The molecule has 0 bridgehead atoms. The highest BCUT2D eigenvalue weighted by atomic mass is 32.2. The Morgan fingerprint density at radius 3 is 2.33 bits per heavy atom. The molecule has 0 spiro atoms. The largest absolute Gasteiger partial charge is 0.303 e. The van der Waals surface area contributed by atoms with E-state index in [1.165, 1.54) is 69.0 Å². The molecule has 0 radical (unpaired) electrons. The van der Waals surface area contributed by atoms with Gasteiger partial charge in [-0.05, 0) is 62.0 Å². The van der Waals surface area contributed by atoms with E-state index >= 15 is 0 Å².